The van der Waals surface area contributed by atoms with Gasteiger partial charge in [0.15, 0.2) is 0 Å². The SMILES string of the molecule is CC(C)C[C@@H]1NC(=O)[C@H](Cc2ccccc2)NC(=O)[C@H](Cc2ccc(O)cc2)NC(=O)[C@H](Cc2c[nH]c3ccccc23)NC(=O)CNC(=O)[C@H](CO)NC(=O)[C@H](Cc2ccc(O)cc2)NC(=O)[C@H](C(C)C)NC(=O)[C@H](CC(C)C)NC(=O)[C@H](Cc2ccc(O)cc2)NC(=O)[C@H](Cc2ccccc2)NC(=O)CSC[C@@H](C(=O)NCC(N)=O)NC1=O. The molecule has 0 aliphatic carbocycles. The summed E-state index contributed by atoms with van der Waals surface area (Å²) in [6, 6.07) is 24.0. The van der Waals surface area contributed by atoms with Crippen LogP contribution in [0.25, 0.3) is 10.9 Å². The van der Waals surface area contributed by atoms with Gasteiger partial charge in [-0.15, -0.1) is 11.8 Å². The molecule has 34 heteroatoms. The molecule has 634 valence electrons. The van der Waals surface area contributed by atoms with Gasteiger partial charge in [-0.05, 0) is 106 Å². The predicted molar refractivity (Wildman–Crippen MR) is 442 cm³/mol. The number of fused-ring (bicyclic) bond motifs is 1. The normalized spacial score (nSPS) is 22.1. The van der Waals surface area contributed by atoms with Crippen molar-refractivity contribution in [3.63, 3.8) is 0 Å². The van der Waals surface area contributed by atoms with E-state index in [1.54, 1.807) is 133 Å². The number of aliphatic hydroxyl groups excluding tert-OH is 1. The van der Waals surface area contributed by atoms with E-state index in [1.165, 1.54) is 72.8 Å². The fourth-order valence-electron chi connectivity index (χ4n) is 13.2. The lowest BCUT2D eigenvalue weighted by Crippen LogP contribution is -2.61. The zero-order valence-electron chi connectivity index (χ0n) is 66.9. The first kappa shape index (κ1) is 91.7. The number of carbonyl (C=O) groups is 14. The molecule has 8 rings (SSSR count). The minimum atomic E-state index is -1.82. The van der Waals surface area contributed by atoms with Gasteiger partial charge < -0.3 is 100 Å². The maximum Gasteiger partial charge on any atom is 0.245 e. The number of phenolic OH excluding ortho intramolecular Hbond substituents is 3. The molecule has 1 aliphatic rings. The molecule has 1 fully saturated rings. The van der Waals surface area contributed by atoms with Gasteiger partial charge >= 0.3 is 0 Å². The lowest BCUT2D eigenvalue weighted by Gasteiger charge is -2.29. The van der Waals surface area contributed by atoms with Crippen molar-refractivity contribution in [1.82, 2.24) is 74.1 Å². The Balaban J connectivity index is 1.18. The number of rotatable bonds is 21. The molecule has 0 saturated carbocycles. The van der Waals surface area contributed by atoms with Crippen molar-refractivity contribution in [3.05, 3.63) is 197 Å². The molecule has 1 aliphatic heterocycles. The molecule has 0 radical (unpaired) electrons. The average Bonchev–Trinajstić information content (AvgIpc) is 1.73. The standard InChI is InChI=1S/C85H105N15O18S/c1-47(2)33-61-77(110)99-70(76(109)88-42-71(86)105)45-119-46-73(107)91-63(35-50-15-9-7-10-16-50)78(111)94-65(37-52-21-27-56(102)28-22-52)80(113)93-62(34-48(3)4)84(117)100-74(49(5)6)85(118)97-67(39-54-25-31-58(104)32-26-54)82(115)98-69(44-101)75(108)89-43-72(106)90-68(40-55-41-87-60-20-14-13-19-59(55)60)83(116)96-66(38-53-23-29-57(103)30-24-53)81(114)95-64(79(112)92-61)36-51-17-11-8-12-18-51/h7-32,41,47-49,61-70,74,87,101-104H,33-40,42-46H2,1-6H3,(H2,86,105)(H,88,109)(H,89,108)(H,90,106)(H,91,107)(H,92,112)(H,93,113)(H,94,111)(H,95,114)(H,96,116)(H,97,118)(H,98,115)(H,99,110)(H,100,117)/t61-,62-,63-,64-,65-,66-,67-,68-,69-,70-,74-/m0/s1. The van der Waals surface area contributed by atoms with Gasteiger partial charge in [-0.25, -0.2) is 0 Å². The molecular formula is C85H105N15O18S. The van der Waals surface area contributed by atoms with Crippen LogP contribution in [0, 0.1) is 17.8 Å². The van der Waals surface area contributed by atoms with Crippen molar-refractivity contribution in [1.29, 1.82) is 0 Å². The number of primary amides is 1. The fourth-order valence-corrected chi connectivity index (χ4v) is 14.0. The maximum atomic E-state index is 15.2. The number of thioether (sulfide) groups is 1. The topological polar surface area (TPSA) is 518 Å². The average molecular weight is 1660 g/mol. The number of aromatic nitrogens is 1. The highest BCUT2D eigenvalue weighted by atomic mass is 32.2. The highest BCUT2D eigenvalue weighted by Crippen LogP contribution is 2.22. The largest absolute Gasteiger partial charge is 0.508 e. The summed E-state index contributed by atoms with van der Waals surface area (Å²) in [7, 11) is 0. The number of nitrogens with one attached hydrogen (secondary N) is 14. The fraction of sp³-hybridized carbons (Fsp3) is 0.388. The van der Waals surface area contributed by atoms with Gasteiger partial charge in [0, 0.05) is 61.4 Å². The van der Waals surface area contributed by atoms with Gasteiger partial charge in [-0.3, -0.25) is 67.1 Å². The van der Waals surface area contributed by atoms with E-state index in [2.05, 4.69) is 74.1 Å². The molecule has 1 saturated heterocycles. The number of benzene rings is 6. The van der Waals surface area contributed by atoms with Crippen LogP contribution >= 0.6 is 11.8 Å². The highest BCUT2D eigenvalue weighted by molar-refractivity contribution is 8.00. The third kappa shape index (κ3) is 29.4. The minimum Gasteiger partial charge on any atom is -0.508 e. The summed E-state index contributed by atoms with van der Waals surface area (Å²) in [5.41, 5.74) is 8.89. The van der Waals surface area contributed by atoms with Gasteiger partial charge in [0.25, 0.3) is 0 Å². The van der Waals surface area contributed by atoms with Crippen LogP contribution in [0.2, 0.25) is 0 Å². The van der Waals surface area contributed by atoms with Crippen LogP contribution in [0.4, 0.5) is 0 Å². The Bertz CT molecular complexity index is 4670. The molecule has 1 aromatic heterocycles. The van der Waals surface area contributed by atoms with Crippen LogP contribution in [0.15, 0.2) is 164 Å². The Morgan fingerprint density at radius 2 is 0.773 bits per heavy atom. The second kappa shape index (κ2) is 45.0. The summed E-state index contributed by atoms with van der Waals surface area (Å²) >= 11 is 0.823. The quantitative estimate of drug-likeness (QED) is 0.0468. The summed E-state index contributed by atoms with van der Waals surface area (Å²) in [6.07, 6.45) is 0.0220. The predicted octanol–water partition coefficient (Wildman–Crippen LogP) is 0.578. The molecule has 6 aromatic carbocycles. The van der Waals surface area contributed by atoms with Crippen molar-refractivity contribution in [2.75, 3.05) is 31.2 Å². The molecule has 0 bridgehead atoms. The lowest BCUT2D eigenvalue weighted by atomic mass is 9.98. The van der Waals surface area contributed by atoms with E-state index in [-0.39, 0.29) is 86.2 Å². The number of H-pyrrole nitrogens is 1. The van der Waals surface area contributed by atoms with E-state index in [4.69, 9.17) is 5.73 Å². The van der Waals surface area contributed by atoms with Gasteiger partial charge in [0.05, 0.1) is 25.4 Å². The number of hydrogen-bond acceptors (Lipinski definition) is 19. The lowest BCUT2D eigenvalue weighted by molar-refractivity contribution is -0.136. The van der Waals surface area contributed by atoms with Gasteiger partial charge in [0.1, 0.15) is 83.7 Å². The van der Waals surface area contributed by atoms with Gasteiger partial charge in [0.2, 0.25) is 82.7 Å². The smallest absolute Gasteiger partial charge is 0.245 e. The molecule has 0 spiro atoms. The van der Waals surface area contributed by atoms with Crippen molar-refractivity contribution >= 4 is 105 Å². The van der Waals surface area contributed by atoms with E-state index in [9.17, 15) is 73.2 Å². The minimum absolute atomic E-state index is 0.0430. The zero-order valence-corrected chi connectivity index (χ0v) is 67.7. The van der Waals surface area contributed by atoms with Crippen LogP contribution in [-0.2, 0) is 106 Å². The number of carbonyl (C=O) groups excluding carboxylic acids is 14. The van der Waals surface area contributed by atoms with Gasteiger partial charge in [-0.1, -0.05) is 157 Å². The first-order valence-corrected chi connectivity index (χ1v) is 40.2. The first-order chi connectivity index (χ1) is 56.8. The van der Waals surface area contributed by atoms with E-state index >= 15 is 14.4 Å². The van der Waals surface area contributed by atoms with Crippen LogP contribution in [0.5, 0.6) is 17.2 Å². The number of hydrogen-bond donors (Lipinski definition) is 19. The van der Waals surface area contributed by atoms with Crippen molar-refractivity contribution < 1.29 is 87.5 Å². The highest BCUT2D eigenvalue weighted by Gasteiger charge is 2.38. The maximum absolute atomic E-state index is 15.2. The number of aromatic hydroxyl groups is 3. The Morgan fingerprint density at radius 3 is 1.19 bits per heavy atom. The van der Waals surface area contributed by atoms with E-state index in [1.807, 2.05) is 0 Å². The number of aliphatic hydroxyl groups is 1. The molecule has 20 N–H and O–H groups in total. The number of amides is 14. The van der Waals surface area contributed by atoms with Crippen molar-refractivity contribution in [2.24, 2.45) is 23.5 Å². The van der Waals surface area contributed by atoms with Crippen LogP contribution in [-0.4, -0.2) is 206 Å². The van der Waals surface area contributed by atoms with E-state index in [0.717, 1.165) is 11.8 Å². The number of phenols is 3. The molecular weight excluding hydrogens is 1550 g/mol. The van der Waals surface area contributed by atoms with E-state index in [0.29, 0.717) is 44.3 Å². The van der Waals surface area contributed by atoms with Crippen molar-refractivity contribution in [2.45, 2.75) is 159 Å². The molecule has 14 amide bonds. The van der Waals surface area contributed by atoms with Crippen LogP contribution in [0.1, 0.15) is 87.8 Å². The number of para-hydroxylation sites is 1. The number of aromatic amines is 1. The zero-order chi connectivity index (χ0) is 86.4. The van der Waals surface area contributed by atoms with Gasteiger partial charge in [-0.2, -0.15) is 0 Å². The first-order valence-electron chi connectivity index (χ1n) is 39.1. The molecule has 2 heterocycles. The number of nitrogens with two attached hydrogens (primary N) is 1. The second-order valence-corrected chi connectivity index (χ2v) is 31.4. The molecule has 119 heavy (non-hydrogen) atoms. The van der Waals surface area contributed by atoms with Crippen molar-refractivity contribution in [3.8, 4) is 17.2 Å². The third-order valence-corrected chi connectivity index (χ3v) is 20.4. The molecule has 33 nitrogen and oxygen atoms in total. The Morgan fingerprint density at radius 1 is 0.412 bits per heavy atom. The Hall–Kier alpha value is -12.9. The molecule has 7 aromatic rings. The molecule has 11 atom stereocenters. The molecule has 0 unspecified atom stereocenters. The van der Waals surface area contributed by atoms with Crippen LogP contribution in [0.3, 0.4) is 0 Å². The summed E-state index contributed by atoms with van der Waals surface area (Å²) in [6.45, 7) is 7.57. The van der Waals surface area contributed by atoms with Crippen LogP contribution < -0.4 is 74.9 Å². The summed E-state index contributed by atoms with van der Waals surface area (Å²) in [4.78, 5) is 207. The second-order valence-electron chi connectivity index (χ2n) is 30.4. The Kier molecular flexibility index (Phi) is 34.7. The summed E-state index contributed by atoms with van der Waals surface area (Å²) in [5, 5.41) is 76.5. The third-order valence-electron chi connectivity index (χ3n) is 19.4. The van der Waals surface area contributed by atoms with E-state index < -0.39 is 181 Å². The summed E-state index contributed by atoms with van der Waals surface area (Å²) < 4.78 is 0. The monoisotopic (exact) mass is 1660 g/mol. The summed E-state index contributed by atoms with van der Waals surface area (Å²) in [5.74, 6) is -15.8. The Labute approximate surface area is 692 Å².